The lowest BCUT2D eigenvalue weighted by molar-refractivity contribution is -0.155. The number of amides is 3. The molecule has 0 spiro atoms. The summed E-state index contributed by atoms with van der Waals surface area (Å²) in [7, 11) is -4.01. The Morgan fingerprint density at radius 1 is 1.03 bits per heavy atom. The van der Waals surface area contributed by atoms with Gasteiger partial charge in [0.05, 0.1) is 4.90 Å². The number of sulfonamides is 1. The van der Waals surface area contributed by atoms with Crippen molar-refractivity contribution in [3.8, 4) is 0 Å². The highest BCUT2D eigenvalue weighted by Crippen LogP contribution is 2.26. The Bertz CT molecular complexity index is 885. The minimum absolute atomic E-state index is 0.122. The highest BCUT2D eigenvalue weighted by molar-refractivity contribution is 7.89. The number of hydrogen-bond acceptors (Lipinski definition) is 6. The van der Waals surface area contributed by atoms with Crippen molar-refractivity contribution in [2.24, 2.45) is 0 Å². The first-order valence-electron chi connectivity index (χ1n) is 9.20. The highest BCUT2D eigenvalue weighted by atomic mass is 32.2. The second kappa shape index (κ2) is 9.84. The number of nitrogens with one attached hydrogen (secondary N) is 3. The van der Waals surface area contributed by atoms with E-state index in [4.69, 9.17) is 4.74 Å². The van der Waals surface area contributed by atoms with Gasteiger partial charge in [-0.3, -0.25) is 14.9 Å². The third-order valence-electron chi connectivity index (χ3n) is 4.49. The van der Waals surface area contributed by atoms with Gasteiger partial charge in [0.2, 0.25) is 10.0 Å². The van der Waals surface area contributed by atoms with Crippen molar-refractivity contribution in [1.29, 1.82) is 0 Å². The predicted molar refractivity (Wildman–Crippen MR) is 108 cm³/mol. The van der Waals surface area contributed by atoms with Gasteiger partial charge in [-0.25, -0.2) is 13.2 Å². The number of ether oxygens (including phenoxy) is 1. The summed E-state index contributed by atoms with van der Waals surface area (Å²) in [5.74, 6) is -1.76. The molecule has 0 saturated heterocycles. The first kappa shape index (κ1) is 24.6. The molecule has 10 heteroatoms. The number of benzene rings is 1. The van der Waals surface area contributed by atoms with E-state index in [1.54, 1.807) is 20.8 Å². The van der Waals surface area contributed by atoms with Gasteiger partial charge in [-0.1, -0.05) is 6.07 Å². The van der Waals surface area contributed by atoms with E-state index in [1.165, 1.54) is 13.8 Å². The van der Waals surface area contributed by atoms with Crippen LogP contribution in [0.1, 0.15) is 43.0 Å². The maximum absolute atomic E-state index is 12.9. The molecule has 1 aromatic carbocycles. The van der Waals surface area contributed by atoms with Crippen molar-refractivity contribution in [2.45, 2.75) is 65.5 Å². The summed E-state index contributed by atoms with van der Waals surface area (Å²) in [5.41, 5.74) is 2.82. The molecule has 1 unspecified atom stereocenters. The molecule has 2 atom stereocenters. The Labute approximate surface area is 171 Å². The molecular formula is C19H29N3O6S. The number of imide groups is 1. The molecule has 0 aliphatic heterocycles. The molecule has 0 aromatic heterocycles. The number of esters is 1. The number of carbonyl (C=O) groups is 3. The van der Waals surface area contributed by atoms with Gasteiger partial charge in [0.1, 0.15) is 6.04 Å². The number of carbonyl (C=O) groups excluding carboxylic acids is 3. The topological polar surface area (TPSA) is 131 Å². The molecule has 1 rings (SSSR count). The average Bonchev–Trinajstić information content (AvgIpc) is 2.59. The van der Waals surface area contributed by atoms with E-state index in [2.05, 4.69) is 10.0 Å². The molecule has 0 radical (unpaired) electrons. The van der Waals surface area contributed by atoms with E-state index in [0.717, 1.165) is 11.1 Å². The van der Waals surface area contributed by atoms with Gasteiger partial charge in [0, 0.05) is 6.54 Å². The Balaban J connectivity index is 2.90. The zero-order chi connectivity index (χ0) is 22.5. The molecule has 0 bridgehead atoms. The van der Waals surface area contributed by atoms with Crippen LogP contribution in [0, 0.1) is 27.7 Å². The Morgan fingerprint density at radius 2 is 1.55 bits per heavy atom. The number of urea groups is 1. The van der Waals surface area contributed by atoms with Crippen LogP contribution in [-0.2, 0) is 24.3 Å². The van der Waals surface area contributed by atoms with Crippen molar-refractivity contribution in [3.05, 3.63) is 28.3 Å². The highest BCUT2D eigenvalue weighted by Gasteiger charge is 2.29. The first-order chi connectivity index (χ1) is 13.3. The second-order valence-electron chi connectivity index (χ2n) is 6.86. The van der Waals surface area contributed by atoms with Crippen LogP contribution in [0.4, 0.5) is 4.79 Å². The SMILES string of the molecule is CCNC(=O)NC(=O)C(C)OC(=O)[C@@H](C)NS(=O)(=O)c1c(C)c(C)cc(C)c1C. The molecule has 29 heavy (non-hydrogen) atoms. The summed E-state index contributed by atoms with van der Waals surface area (Å²) in [6, 6.07) is -0.0506. The van der Waals surface area contributed by atoms with Gasteiger partial charge >= 0.3 is 12.0 Å². The smallest absolute Gasteiger partial charge is 0.324 e. The lowest BCUT2D eigenvalue weighted by atomic mass is 10.0. The van der Waals surface area contributed by atoms with E-state index in [-0.39, 0.29) is 4.90 Å². The van der Waals surface area contributed by atoms with Crippen molar-refractivity contribution in [3.63, 3.8) is 0 Å². The van der Waals surface area contributed by atoms with Crippen molar-refractivity contribution in [1.82, 2.24) is 15.4 Å². The maximum Gasteiger partial charge on any atom is 0.324 e. The molecular weight excluding hydrogens is 398 g/mol. The first-order valence-corrected chi connectivity index (χ1v) is 10.7. The van der Waals surface area contributed by atoms with Crippen LogP contribution in [0.15, 0.2) is 11.0 Å². The Morgan fingerprint density at radius 3 is 2.03 bits per heavy atom. The second-order valence-corrected chi connectivity index (χ2v) is 8.51. The molecule has 9 nitrogen and oxygen atoms in total. The minimum atomic E-state index is -4.01. The number of rotatable bonds is 7. The molecule has 0 heterocycles. The van der Waals surface area contributed by atoms with E-state index in [1.807, 2.05) is 25.2 Å². The van der Waals surface area contributed by atoms with E-state index in [0.29, 0.717) is 17.7 Å². The summed E-state index contributed by atoms with van der Waals surface area (Å²) in [4.78, 5) is 35.6. The van der Waals surface area contributed by atoms with Crippen molar-refractivity contribution >= 4 is 27.9 Å². The van der Waals surface area contributed by atoms with Gasteiger partial charge in [-0.2, -0.15) is 4.72 Å². The molecule has 0 aliphatic rings. The fraction of sp³-hybridized carbons (Fsp3) is 0.526. The zero-order valence-electron chi connectivity index (χ0n) is 17.8. The van der Waals surface area contributed by atoms with Gasteiger partial charge in [-0.15, -0.1) is 0 Å². The monoisotopic (exact) mass is 427 g/mol. The number of hydrogen-bond donors (Lipinski definition) is 3. The van der Waals surface area contributed by atoms with Gasteiger partial charge in [-0.05, 0) is 70.7 Å². The summed E-state index contributed by atoms with van der Waals surface area (Å²) >= 11 is 0. The molecule has 0 saturated carbocycles. The van der Waals surface area contributed by atoms with Gasteiger partial charge in [0.15, 0.2) is 6.10 Å². The lowest BCUT2D eigenvalue weighted by Gasteiger charge is -2.20. The van der Waals surface area contributed by atoms with Gasteiger partial charge < -0.3 is 10.1 Å². The van der Waals surface area contributed by atoms with Crippen LogP contribution >= 0.6 is 0 Å². The van der Waals surface area contributed by atoms with Crippen LogP contribution in [0.25, 0.3) is 0 Å². The Hall–Kier alpha value is -2.46. The molecule has 0 fully saturated rings. The summed E-state index contributed by atoms with van der Waals surface area (Å²) in [6.45, 7) is 11.6. The van der Waals surface area contributed by atoms with Crippen LogP contribution in [-0.4, -0.2) is 45.0 Å². The fourth-order valence-electron chi connectivity index (χ4n) is 2.67. The largest absolute Gasteiger partial charge is 0.451 e. The summed E-state index contributed by atoms with van der Waals surface area (Å²) in [5, 5.41) is 4.39. The predicted octanol–water partition coefficient (Wildman–Crippen LogP) is 1.36. The fourth-order valence-corrected chi connectivity index (χ4v) is 4.48. The molecule has 1 aromatic rings. The Kier molecular flexibility index (Phi) is 8.34. The van der Waals surface area contributed by atoms with Crippen molar-refractivity contribution in [2.75, 3.05) is 6.54 Å². The maximum atomic E-state index is 12.9. The summed E-state index contributed by atoms with van der Waals surface area (Å²) < 4.78 is 33.0. The molecule has 3 N–H and O–H groups in total. The van der Waals surface area contributed by atoms with Crippen molar-refractivity contribution < 1.29 is 27.5 Å². The van der Waals surface area contributed by atoms with E-state index < -0.39 is 40.1 Å². The van der Waals surface area contributed by atoms with Crippen LogP contribution in [0.3, 0.4) is 0 Å². The zero-order valence-corrected chi connectivity index (χ0v) is 18.6. The quantitative estimate of drug-likeness (QED) is 0.563. The number of aryl methyl sites for hydroxylation is 2. The summed E-state index contributed by atoms with van der Waals surface area (Å²) in [6.07, 6.45) is -1.28. The van der Waals surface area contributed by atoms with Gasteiger partial charge in [0.25, 0.3) is 5.91 Å². The normalized spacial score (nSPS) is 13.3. The van der Waals surface area contributed by atoms with Crippen LogP contribution in [0.2, 0.25) is 0 Å². The van der Waals surface area contributed by atoms with E-state index in [9.17, 15) is 22.8 Å². The van der Waals surface area contributed by atoms with E-state index >= 15 is 0 Å². The third-order valence-corrected chi connectivity index (χ3v) is 6.30. The lowest BCUT2D eigenvalue weighted by Crippen LogP contribution is -2.47. The standard InChI is InChI=1S/C19H29N3O6S/c1-8-20-19(25)21-17(23)15(7)28-18(24)14(6)22-29(26,27)16-12(4)10(2)9-11(3)13(16)5/h9,14-15,22H,8H2,1-7H3,(H2,20,21,23,25)/t14-,15?/m1/s1. The van der Waals surface area contributed by atoms with Crippen LogP contribution in [0.5, 0.6) is 0 Å². The third kappa shape index (κ3) is 6.26. The average molecular weight is 428 g/mol. The molecule has 0 aliphatic carbocycles. The molecule has 3 amide bonds. The molecule has 162 valence electrons. The van der Waals surface area contributed by atoms with Crippen LogP contribution < -0.4 is 15.4 Å². The minimum Gasteiger partial charge on any atom is -0.451 e.